The highest BCUT2D eigenvalue weighted by Crippen LogP contribution is 2.35. The number of fused-ring (bicyclic) bond motifs is 1. The van der Waals surface area contributed by atoms with Crippen molar-refractivity contribution in [1.82, 2.24) is 0 Å². The molecule has 3 rings (SSSR count). The number of anilines is 1. The van der Waals surface area contributed by atoms with Crippen LogP contribution in [-0.4, -0.2) is 31.2 Å². The van der Waals surface area contributed by atoms with Gasteiger partial charge in [0.2, 0.25) is 6.79 Å². The largest absolute Gasteiger partial charge is 0.491 e. The summed E-state index contributed by atoms with van der Waals surface area (Å²) in [5.74, 6) is 1.19. The second-order valence-corrected chi connectivity index (χ2v) is 5.13. The minimum absolute atomic E-state index is 0.0316. The number of benzene rings is 2. The average Bonchev–Trinajstić information content (AvgIpc) is 3.06. The molecular weight excluding hydrogens is 315 g/mol. The maximum atomic E-state index is 13.5. The van der Waals surface area contributed by atoms with Gasteiger partial charge in [0, 0.05) is 12.6 Å². The molecule has 6 nitrogen and oxygen atoms in total. The summed E-state index contributed by atoms with van der Waals surface area (Å²) in [6, 6.07) is 11.2. The van der Waals surface area contributed by atoms with Crippen LogP contribution in [0.2, 0.25) is 0 Å². The summed E-state index contributed by atoms with van der Waals surface area (Å²) in [6.07, 6.45) is -0.842. The fourth-order valence-corrected chi connectivity index (χ4v) is 2.23. The highest BCUT2D eigenvalue weighted by molar-refractivity contribution is 5.57. The molecule has 0 bridgehead atoms. The summed E-state index contributed by atoms with van der Waals surface area (Å²) in [5, 5.41) is 21.8. The van der Waals surface area contributed by atoms with Crippen molar-refractivity contribution in [1.29, 1.82) is 5.26 Å². The van der Waals surface area contributed by atoms with E-state index in [0.717, 1.165) is 0 Å². The Labute approximate surface area is 138 Å². The minimum Gasteiger partial charge on any atom is -0.491 e. The molecule has 0 radical (unpaired) electrons. The van der Waals surface area contributed by atoms with Crippen molar-refractivity contribution >= 4 is 5.69 Å². The zero-order valence-electron chi connectivity index (χ0n) is 12.7. The van der Waals surface area contributed by atoms with Crippen molar-refractivity contribution < 1.29 is 23.7 Å². The quantitative estimate of drug-likeness (QED) is 0.845. The monoisotopic (exact) mass is 330 g/mol. The maximum absolute atomic E-state index is 13.5. The Morgan fingerprint density at radius 2 is 2.12 bits per heavy atom. The molecule has 0 aromatic heterocycles. The number of nitrogens with one attached hydrogen (secondary N) is 1. The van der Waals surface area contributed by atoms with Gasteiger partial charge in [0.1, 0.15) is 35.9 Å². The van der Waals surface area contributed by atoms with Crippen LogP contribution >= 0.6 is 0 Å². The molecule has 124 valence electrons. The van der Waals surface area contributed by atoms with Crippen LogP contribution in [0.3, 0.4) is 0 Å². The van der Waals surface area contributed by atoms with Gasteiger partial charge in [-0.2, -0.15) is 5.26 Å². The molecule has 1 aliphatic rings. The number of nitriles is 1. The SMILES string of the molecule is N#Cc1c(F)cccc1NCC(O)COc1ccc2c(c1)OCO2. The molecule has 7 heteroatoms. The summed E-state index contributed by atoms with van der Waals surface area (Å²) in [6.45, 7) is 0.326. The van der Waals surface area contributed by atoms with Gasteiger partial charge in [-0.15, -0.1) is 0 Å². The van der Waals surface area contributed by atoms with Gasteiger partial charge in [-0.3, -0.25) is 0 Å². The van der Waals surface area contributed by atoms with Crippen LogP contribution in [0.5, 0.6) is 17.2 Å². The van der Waals surface area contributed by atoms with Crippen LogP contribution in [0.1, 0.15) is 5.56 Å². The van der Waals surface area contributed by atoms with Crippen molar-refractivity contribution in [2.45, 2.75) is 6.10 Å². The summed E-state index contributed by atoms with van der Waals surface area (Å²) >= 11 is 0. The number of hydrogen-bond donors (Lipinski definition) is 2. The Morgan fingerprint density at radius 1 is 1.29 bits per heavy atom. The molecule has 1 unspecified atom stereocenters. The molecule has 0 spiro atoms. The number of aliphatic hydroxyl groups is 1. The van der Waals surface area contributed by atoms with Gasteiger partial charge in [0.25, 0.3) is 0 Å². The Morgan fingerprint density at radius 3 is 2.96 bits per heavy atom. The van der Waals surface area contributed by atoms with Gasteiger partial charge in [-0.1, -0.05) is 6.07 Å². The number of aliphatic hydroxyl groups excluding tert-OH is 1. The fourth-order valence-electron chi connectivity index (χ4n) is 2.23. The molecular formula is C17H15FN2O4. The second-order valence-electron chi connectivity index (χ2n) is 5.13. The molecule has 1 heterocycles. The van der Waals surface area contributed by atoms with E-state index in [4.69, 9.17) is 19.5 Å². The third kappa shape index (κ3) is 3.50. The zero-order chi connectivity index (χ0) is 16.9. The van der Waals surface area contributed by atoms with Crippen molar-refractivity contribution in [3.05, 3.63) is 47.8 Å². The van der Waals surface area contributed by atoms with E-state index in [1.165, 1.54) is 12.1 Å². The number of ether oxygens (including phenoxy) is 3. The summed E-state index contributed by atoms with van der Waals surface area (Å²) in [5.41, 5.74) is 0.251. The van der Waals surface area contributed by atoms with Crippen LogP contribution in [0.15, 0.2) is 36.4 Å². The predicted molar refractivity (Wildman–Crippen MR) is 83.7 cm³/mol. The van der Waals surface area contributed by atoms with Crippen molar-refractivity contribution in [3.63, 3.8) is 0 Å². The summed E-state index contributed by atoms with van der Waals surface area (Å²) < 4.78 is 29.4. The van der Waals surface area contributed by atoms with Gasteiger partial charge >= 0.3 is 0 Å². The molecule has 1 aliphatic heterocycles. The average molecular weight is 330 g/mol. The number of nitrogens with zero attached hydrogens (tertiary/aromatic N) is 1. The first-order valence-electron chi connectivity index (χ1n) is 7.30. The summed E-state index contributed by atoms with van der Waals surface area (Å²) in [4.78, 5) is 0. The van der Waals surface area contributed by atoms with E-state index in [9.17, 15) is 9.50 Å². The van der Waals surface area contributed by atoms with E-state index in [0.29, 0.717) is 22.9 Å². The topological polar surface area (TPSA) is 83.7 Å². The molecule has 0 saturated carbocycles. The van der Waals surface area contributed by atoms with Crippen LogP contribution in [0.25, 0.3) is 0 Å². The lowest BCUT2D eigenvalue weighted by atomic mass is 10.2. The van der Waals surface area contributed by atoms with E-state index >= 15 is 0 Å². The Balaban J connectivity index is 1.52. The van der Waals surface area contributed by atoms with Gasteiger partial charge in [0.15, 0.2) is 11.5 Å². The number of hydrogen-bond acceptors (Lipinski definition) is 6. The lowest BCUT2D eigenvalue weighted by Gasteiger charge is -2.15. The van der Waals surface area contributed by atoms with E-state index in [2.05, 4.69) is 5.32 Å². The second kappa shape index (κ2) is 7.06. The minimum atomic E-state index is -0.842. The summed E-state index contributed by atoms with van der Waals surface area (Å²) in [7, 11) is 0. The Kier molecular flexibility index (Phi) is 4.68. The van der Waals surface area contributed by atoms with Crippen molar-refractivity contribution in [2.75, 3.05) is 25.3 Å². The van der Waals surface area contributed by atoms with E-state index in [1.807, 2.05) is 0 Å². The maximum Gasteiger partial charge on any atom is 0.231 e. The van der Waals surface area contributed by atoms with Crippen LogP contribution in [0.4, 0.5) is 10.1 Å². The van der Waals surface area contributed by atoms with Crippen LogP contribution in [-0.2, 0) is 0 Å². The van der Waals surface area contributed by atoms with E-state index < -0.39 is 11.9 Å². The normalized spacial score (nSPS) is 13.2. The highest BCUT2D eigenvalue weighted by Gasteiger charge is 2.15. The molecule has 2 aromatic rings. The smallest absolute Gasteiger partial charge is 0.231 e. The fraction of sp³-hybridized carbons (Fsp3) is 0.235. The molecule has 2 N–H and O–H groups in total. The molecule has 0 aliphatic carbocycles. The van der Waals surface area contributed by atoms with E-state index in [-0.39, 0.29) is 25.5 Å². The lowest BCUT2D eigenvalue weighted by Crippen LogP contribution is -2.26. The first-order valence-corrected chi connectivity index (χ1v) is 7.30. The van der Waals surface area contributed by atoms with Crippen LogP contribution < -0.4 is 19.5 Å². The molecule has 0 fully saturated rings. The third-order valence-corrected chi connectivity index (χ3v) is 3.44. The zero-order valence-corrected chi connectivity index (χ0v) is 12.7. The van der Waals surface area contributed by atoms with Gasteiger partial charge in [-0.05, 0) is 24.3 Å². The first-order chi connectivity index (χ1) is 11.7. The third-order valence-electron chi connectivity index (χ3n) is 3.44. The van der Waals surface area contributed by atoms with Gasteiger partial charge < -0.3 is 24.6 Å². The molecule has 24 heavy (non-hydrogen) atoms. The lowest BCUT2D eigenvalue weighted by molar-refractivity contribution is 0.117. The van der Waals surface area contributed by atoms with Gasteiger partial charge in [-0.25, -0.2) is 4.39 Å². The Bertz CT molecular complexity index is 776. The predicted octanol–water partition coefficient (Wildman–Crippen LogP) is 2.28. The Hall–Kier alpha value is -2.98. The van der Waals surface area contributed by atoms with Crippen molar-refractivity contribution in [2.24, 2.45) is 0 Å². The molecule has 0 amide bonds. The van der Waals surface area contributed by atoms with Crippen molar-refractivity contribution in [3.8, 4) is 23.3 Å². The molecule has 2 aromatic carbocycles. The molecule has 1 atom stereocenters. The first kappa shape index (κ1) is 15.9. The number of rotatable bonds is 6. The highest BCUT2D eigenvalue weighted by atomic mass is 19.1. The standard InChI is InChI=1S/C17H15FN2O4/c18-14-2-1-3-15(13(14)7-19)20-8-11(21)9-22-12-4-5-16-17(6-12)24-10-23-16/h1-6,11,20-21H,8-10H2. The number of halogens is 1. The van der Waals surface area contributed by atoms with Crippen LogP contribution in [0, 0.1) is 17.1 Å². The van der Waals surface area contributed by atoms with E-state index in [1.54, 1.807) is 30.3 Å². The van der Waals surface area contributed by atoms with Gasteiger partial charge in [0.05, 0.1) is 5.69 Å². The molecule has 0 saturated heterocycles.